The molecule has 3 aromatic heterocycles. The molecular formula is C24H21F5N6O3. The normalized spacial score (nSPS) is 14.8. The van der Waals surface area contributed by atoms with Gasteiger partial charge in [0.05, 0.1) is 52.9 Å². The summed E-state index contributed by atoms with van der Waals surface area (Å²) >= 11 is 0. The Kier molecular flexibility index (Phi) is 6.34. The second kappa shape index (κ2) is 10.6. The van der Waals surface area contributed by atoms with Gasteiger partial charge in [0, 0.05) is 18.7 Å². The maximum atomic E-state index is 14.9. The Morgan fingerprint density at radius 1 is 1.21 bits per heavy atom. The molecule has 38 heavy (non-hydrogen) atoms. The number of pyridine rings is 1. The lowest BCUT2D eigenvalue weighted by Crippen LogP contribution is -2.30. The van der Waals surface area contributed by atoms with Crippen LogP contribution >= 0.6 is 0 Å². The van der Waals surface area contributed by atoms with Crippen LogP contribution in [0, 0.1) is 5.82 Å². The predicted octanol–water partition coefficient (Wildman–Crippen LogP) is 3.94. The maximum absolute atomic E-state index is 14.9. The number of benzene rings is 1. The van der Waals surface area contributed by atoms with Crippen LogP contribution in [0.2, 0.25) is 0 Å². The molecule has 4 rings (SSSR count). The summed E-state index contributed by atoms with van der Waals surface area (Å²) < 4.78 is 96.5. The van der Waals surface area contributed by atoms with Crippen LogP contribution < -0.4 is 21.2 Å². The van der Waals surface area contributed by atoms with E-state index in [4.69, 9.17) is 4.11 Å². The molecule has 0 saturated carbocycles. The highest BCUT2D eigenvalue weighted by atomic mass is 19.4. The van der Waals surface area contributed by atoms with Crippen molar-refractivity contribution in [2.45, 2.75) is 38.3 Å². The highest BCUT2D eigenvalue weighted by Crippen LogP contribution is 2.32. The molecule has 200 valence electrons. The van der Waals surface area contributed by atoms with Crippen molar-refractivity contribution in [2.24, 2.45) is 0 Å². The molecule has 0 aliphatic rings. The average molecular weight is 539 g/mol. The molecule has 2 N–H and O–H groups in total. The number of fused-ring (bicyclic) bond motifs is 1. The van der Waals surface area contributed by atoms with Gasteiger partial charge in [-0.25, -0.2) is 23.8 Å². The van der Waals surface area contributed by atoms with E-state index in [1.807, 2.05) is 0 Å². The summed E-state index contributed by atoms with van der Waals surface area (Å²) in [6.07, 6.45) is -2.83. The summed E-state index contributed by atoms with van der Waals surface area (Å²) in [4.78, 5) is 32.4. The van der Waals surface area contributed by atoms with Crippen molar-refractivity contribution in [1.29, 1.82) is 0 Å². The van der Waals surface area contributed by atoms with Crippen LogP contribution in [0.25, 0.3) is 22.2 Å². The van der Waals surface area contributed by atoms with Gasteiger partial charge in [-0.15, -0.1) is 0 Å². The van der Waals surface area contributed by atoms with Crippen LogP contribution in [-0.2, 0) is 12.7 Å². The van der Waals surface area contributed by atoms with Gasteiger partial charge in [-0.05, 0) is 30.5 Å². The first kappa shape index (κ1) is 22.8. The Morgan fingerprint density at radius 3 is 2.63 bits per heavy atom. The second-order valence-corrected chi connectivity index (χ2v) is 8.40. The van der Waals surface area contributed by atoms with E-state index in [1.54, 1.807) is 5.10 Å². The van der Waals surface area contributed by atoms with Crippen molar-refractivity contribution in [2.75, 3.05) is 12.4 Å². The molecule has 0 amide bonds. The molecule has 4 aromatic rings. The van der Waals surface area contributed by atoms with Gasteiger partial charge in [0.2, 0.25) is 0 Å². The SMILES string of the molecule is [2H]C([2H])([2H])Oc1cnc(-c2cc3ccn(C[C@H](F)C[C@@H](C)Nc4cn[nH]c(=O)c4C(F)(F)F)c(=O)c3cc2F)nc1. The van der Waals surface area contributed by atoms with Crippen LogP contribution in [-0.4, -0.2) is 44.0 Å². The number of ether oxygens (including phenoxy) is 1. The quantitative estimate of drug-likeness (QED) is 0.326. The van der Waals surface area contributed by atoms with Crippen molar-refractivity contribution in [1.82, 2.24) is 24.7 Å². The maximum Gasteiger partial charge on any atom is 0.423 e. The van der Waals surface area contributed by atoms with E-state index in [1.165, 1.54) is 25.3 Å². The Labute approximate surface area is 215 Å². The molecule has 0 saturated heterocycles. The fourth-order valence-electron chi connectivity index (χ4n) is 3.91. The molecular weight excluding hydrogens is 515 g/mol. The second-order valence-electron chi connectivity index (χ2n) is 8.40. The van der Waals surface area contributed by atoms with Gasteiger partial charge in [-0.3, -0.25) is 9.59 Å². The lowest BCUT2D eigenvalue weighted by atomic mass is 10.1. The number of aromatic nitrogens is 5. The van der Waals surface area contributed by atoms with Crippen LogP contribution in [0.1, 0.15) is 23.0 Å². The third-order valence-corrected chi connectivity index (χ3v) is 5.60. The molecule has 0 aliphatic carbocycles. The Morgan fingerprint density at radius 2 is 1.95 bits per heavy atom. The summed E-state index contributed by atoms with van der Waals surface area (Å²) in [5.74, 6) is -1.11. The minimum atomic E-state index is -4.97. The lowest BCUT2D eigenvalue weighted by molar-refractivity contribution is -0.138. The Hall–Kier alpha value is -4.36. The minimum Gasteiger partial charge on any atom is -0.494 e. The van der Waals surface area contributed by atoms with E-state index in [0.717, 1.165) is 29.2 Å². The Balaban J connectivity index is 1.50. The molecule has 0 bridgehead atoms. The third kappa shape index (κ3) is 5.63. The number of hydrogen-bond acceptors (Lipinski definition) is 7. The number of nitrogens with one attached hydrogen (secondary N) is 2. The van der Waals surface area contributed by atoms with Gasteiger partial charge in [-0.1, -0.05) is 0 Å². The first-order valence-electron chi connectivity index (χ1n) is 12.5. The van der Waals surface area contributed by atoms with Crippen molar-refractivity contribution >= 4 is 16.5 Å². The third-order valence-electron chi connectivity index (χ3n) is 5.60. The Bertz CT molecular complexity index is 1680. The van der Waals surface area contributed by atoms with Crippen LogP contribution in [0.5, 0.6) is 5.75 Å². The summed E-state index contributed by atoms with van der Waals surface area (Å²) in [6.45, 7) is 0.926. The van der Waals surface area contributed by atoms with Gasteiger partial charge < -0.3 is 14.6 Å². The zero-order valence-electron chi connectivity index (χ0n) is 22.5. The van der Waals surface area contributed by atoms with E-state index in [0.29, 0.717) is 5.39 Å². The summed E-state index contributed by atoms with van der Waals surface area (Å²) in [5, 5.41) is 7.71. The van der Waals surface area contributed by atoms with Crippen LogP contribution in [0.3, 0.4) is 0 Å². The minimum absolute atomic E-state index is 0.0705. The summed E-state index contributed by atoms with van der Waals surface area (Å²) in [7, 11) is -2.72. The smallest absolute Gasteiger partial charge is 0.423 e. The van der Waals surface area contributed by atoms with Gasteiger partial charge in [-0.2, -0.15) is 18.3 Å². The number of rotatable bonds is 8. The number of hydrogen-bond donors (Lipinski definition) is 2. The number of methoxy groups -OCH3 is 1. The molecule has 3 heterocycles. The van der Waals surface area contributed by atoms with Crippen molar-refractivity contribution in [3.63, 3.8) is 0 Å². The standard InChI is InChI=1S/C24H21F5N6O3/c1-12(33-19-10-32-34-22(36)20(19)24(27,28)29)5-14(25)11-35-4-3-13-6-17(18(26)7-16(13)23(35)37)21-30-8-15(38-2)9-31-21/h3-4,6-10,12,14H,5,11H2,1-2H3,(H2,33,34,36)/t12-,14-/m1/s1/i2D3. The van der Waals surface area contributed by atoms with Gasteiger partial charge >= 0.3 is 6.18 Å². The molecule has 0 spiro atoms. The van der Waals surface area contributed by atoms with E-state index in [2.05, 4.69) is 25.1 Å². The lowest BCUT2D eigenvalue weighted by Gasteiger charge is -2.20. The number of aromatic amines is 1. The summed E-state index contributed by atoms with van der Waals surface area (Å²) in [5.41, 5.74) is -4.34. The van der Waals surface area contributed by atoms with Gasteiger partial charge in [0.15, 0.2) is 11.6 Å². The largest absolute Gasteiger partial charge is 0.494 e. The van der Waals surface area contributed by atoms with Crippen LogP contribution in [0.4, 0.5) is 27.6 Å². The fraction of sp³-hybridized carbons (Fsp3) is 0.292. The van der Waals surface area contributed by atoms with Gasteiger partial charge in [0.1, 0.15) is 17.6 Å². The average Bonchev–Trinajstić information content (AvgIpc) is 2.84. The molecule has 14 heteroatoms. The van der Waals surface area contributed by atoms with Gasteiger partial charge in [0.25, 0.3) is 11.1 Å². The highest BCUT2D eigenvalue weighted by molar-refractivity contribution is 5.86. The van der Waals surface area contributed by atoms with E-state index in [-0.39, 0.29) is 28.9 Å². The first-order valence-corrected chi connectivity index (χ1v) is 11.0. The fourth-order valence-corrected chi connectivity index (χ4v) is 3.91. The van der Waals surface area contributed by atoms with E-state index < -0.39 is 60.2 Å². The number of halogens is 5. The van der Waals surface area contributed by atoms with Crippen LogP contribution in [0.15, 0.2) is 52.6 Å². The van der Waals surface area contributed by atoms with E-state index >= 15 is 0 Å². The monoisotopic (exact) mass is 539 g/mol. The molecule has 2 atom stereocenters. The topological polar surface area (TPSA) is 115 Å². The number of anilines is 1. The zero-order valence-corrected chi connectivity index (χ0v) is 19.5. The van der Waals surface area contributed by atoms with Crippen molar-refractivity contribution in [3.05, 3.63) is 75.1 Å². The number of alkyl halides is 4. The number of nitrogens with zero attached hydrogens (tertiary/aromatic N) is 4. The molecule has 0 radical (unpaired) electrons. The van der Waals surface area contributed by atoms with E-state index in [9.17, 15) is 31.5 Å². The molecule has 0 aliphatic heterocycles. The zero-order chi connectivity index (χ0) is 30.1. The predicted molar refractivity (Wildman–Crippen MR) is 128 cm³/mol. The molecule has 1 aromatic carbocycles. The van der Waals surface area contributed by atoms with Crippen molar-refractivity contribution in [3.8, 4) is 17.1 Å². The summed E-state index contributed by atoms with van der Waals surface area (Å²) in [6, 6.07) is 2.80. The molecule has 0 unspecified atom stereocenters. The molecule has 0 fully saturated rings. The number of H-pyrrole nitrogens is 1. The van der Waals surface area contributed by atoms with Crippen molar-refractivity contribution < 1.29 is 30.8 Å². The highest BCUT2D eigenvalue weighted by Gasteiger charge is 2.37. The first-order chi connectivity index (χ1) is 19.1. The molecule has 9 nitrogen and oxygen atoms in total.